The summed E-state index contributed by atoms with van der Waals surface area (Å²) in [4.78, 5) is 16.1. The average molecular weight is 293 g/mol. The number of carbonyl (C=O) groups excluding carboxylic acids is 1. The van der Waals surface area contributed by atoms with Gasteiger partial charge in [-0.1, -0.05) is 0 Å². The summed E-state index contributed by atoms with van der Waals surface area (Å²) in [5, 5.41) is 0. The van der Waals surface area contributed by atoms with E-state index in [4.69, 9.17) is 14.3 Å². The molecule has 0 atom stereocenters. The van der Waals surface area contributed by atoms with E-state index >= 15 is 0 Å². The normalized spacial score (nSPS) is 10.6. The first-order valence-corrected chi connectivity index (χ1v) is 5.70. The molecule has 20 heavy (non-hydrogen) atoms. The van der Waals surface area contributed by atoms with Crippen molar-refractivity contribution in [3.63, 3.8) is 0 Å². The van der Waals surface area contributed by atoms with Gasteiger partial charge in [0.25, 0.3) is 5.91 Å². The second-order valence-electron chi connectivity index (χ2n) is 3.61. The highest BCUT2D eigenvalue weighted by Crippen LogP contribution is 2.14. The third-order valence-electron chi connectivity index (χ3n) is 2.21. The zero-order chi connectivity index (χ0) is 15.0. The van der Waals surface area contributed by atoms with Crippen molar-refractivity contribution in [3.05, 3.63) is 35.1 Å². The van der Waals surface area contributed by atoms with Crippen LogP contribution in [0.1, 0.15) is 10.4 Å². The van der Waals surface area contributed by atoms with E-state index in [0.29, 0.717) is 19.3 Å². The molecule has 1 aromatic carbocycles. The number of halogens is 3. The number of nitrogens with one attached hydrogen (secondary N) is 1. The van der Waals surface area contributed by atoms with Gasteiger partial charge in [-0.2, -0.15) is 0 Å². The Kier molecular flexibility index (Phi) is 6.99. The van der Waals surface area contributed by atoms with Crippen LogP contribution >= 0.6 is 0 Å². The Morgan fingerprint density at radius 3 is 2.50 bits per heavy atom. The van der Waals surface area contributed by atoms with Crippen LogP contribution in [-0.4, -0.2) is 39.4 Å². The molecule has 0 saturated heterocycles. The zero-order valence-corrected chi connectivity index (χ0v) is 10.8. The summed E-state index contributed by atoms with van der Waals surface area (Å²) in [7, 11) is 1.52. The molecule has 0 fully saturated rings. The second-order valence-corrected chi connectivity index (χ2v) is 3.61. The van der Waals surface area contributed by atoms with Crippen LogP contribution in [-0.2, 0) is 14.3 Å². The van der Waals surface area contributed by atoms with Crippen molar-refractivity contribution in [2.75, 3.05) is 33.5 Å². The Hall–Kier alpha value is -1.64. The predicted octanol–water partition coefficient (Wildman–Crippen LogP) is 1.43. The third kappa shape index (κ3) is 4.80. The van der Waals surface area contributed by atoms with Crippen LogP contribution in [0.2, 0.25) is 0 Å². The van der Waals surface area contributed by atoms with E-state index in [2.05, 4.69) is 0 Å². The molecular weight excluding hydrogens is 279 g/mol. The van der Waals surface area contributed by atoms with Crippen molar-refractivity contribution in [1.82, 2.24) is 5.48 Å². The van der Waals surface area contributed by atoms with Gasteiger partial charge in [0.15, 0.2) is 17.5 Å². The zero-order valence-electron chi connectivity index (χ0n) is 10.8. The van der Waals surface area contributed by atoms with E-state index in [-0.39, 0.29) is 13.2 Å². The van der Waals surface area contributed by atoms with Crippen LogP contribution in [0.15, 0.2) is 12.1 Å². The van der Waals surface area contributed by atoms with Gasteiger partial charge in [-0.05, 0) is 12.1 Å². The first-order chi connectivity index (χ1) is 9.57. The maximum Gasteiger partial charge on any atom is 0.277 e. The standard InChI is InChI=1S/C12H14F3NO4/c1-18-4-5-19-6-7-20-16-12(17)8-2-3-9(13)11(15)10(8)14/h2-3H,4-7H2,1H3,(H,16,17). The second kappa shape index (κ2) is 8.51. The third-order valence-corrected chi connectivity index (χ3v) is 2.21. The highest BCUT2D eigenvalue weighted by molar-refractivity contribution is 5.93. The van der Waals surface area contributed by atoms with Crippen LogP contribution in [0.3, 0.4) is 0 Å². The molecular formula is C12H14F3NO4. The lowest BCUT2D eigenvalue weighted by Crippen LogP contribution is -2.27. The number of hydroxylamine groups is 1. The number of benzene rings is 1. The number of hydrogen-bond donors (Lipinski definition) is 1. The Morgan fingerprint density at radius 1 is 1.10 bits per heavy atom. The van der Waals surface area contributed by atoms with Gasteiger partial charge in [0.1, 0.15) is 0 Å². The fourth-order valence-corrected chi connectivity index (χ4v) is 1.22. The number of ether oxygens (including phenoxy) is 2. The molecule has 5 nitrogen and oxygen atoms in total. The van der Waals surface area contributed by atoms with Crippen molar-refractivity contribution in [3.8, 4) is 0 Å². The van der Waals surface area contributed by atoms with E-state index < -0.39 is 28.9 Å². The lowest BCUT2D eigenvalue weighted by Gasteiger charge is -2.07. The molecule has 1 rings (SSSR count). The fourth-order valence-electron chi connectivity index (χ4n) is 1.22. The summed E-state index contributed by atoms with van der Waals surface area (Å²) in [5.41, 5.74) is 1.25. The predicted molar refractivity (Wildman–Crippen MR) is 62.4 cm³/mol. The van der Waals surface area contributed by atoms with Gasteiger partial charge < -0.3 is 9.47 Å². The maximum atomic E-state index is 13.3. The van der Waals surface area contributed by atoms with Gasteiger partial charge in [-0.3, -0.25) is 9.63 Å². The van der Waals surface area contributed by atoms with E-state index in [1.807, 2.05) is 5.48 Å². The molecule has 0 spiro atoms. The van der Waals surface area contributed by atoms with Crippen molar-refractivity contribution in [2.24, 2.45) is 0 Å². The van der Waals surface area contributed by atoms with Crippen LogP contribution in [0, 0.1) is 17.5 Å². The van der Waals surface area contributed by atoms with Gasteiger partial charge in [-0.25, -0.2) is 18.7 Å². The number of amides is 1. The molecule has 0 bridgehead atoms. The average Bonchev–Trinajstić information content (AvgIpc) is 2.43. The van der Waals surface area contributed by atoms with Gasteiger partial charge in [0.05, 0.1) is 32.0 Å². The molecule has 8 heteroatoms. The van der Waals surface area contributed by atoms with Gasteiger partial charge in [0.2, 0.25) is 0 Å². The lowest BCUT2D eigenvalue weighted by molar-refractivity contribution is -0.00957. The molecule has 0 heterocycles. The molecule has 1 amide bonds. The van der Waals surface area contributed by atoms with E-state index in [0.717, 1.165) is 6.07 Å². The molecule has 112 valence electrons. The SMILES string of the molecule is COCCOCCONC(=O)c1ccc(F)c(F)c1F. The quantitative estimate of drug-likeness (QED) is 0.447. The van der Waals surface area contributed by atoms with Crippen molar-refractivity contribution < 1.29 is 32.3 Å². The summed E-state index contributed by atoms with van der Waals surface area (Å²) in [6.45, 7) is 0.989. The summed E-state index contributed by atoms with van der Waals surface area (Å²) in [6.07, 6.45) is 0. The molecule has 1 aromatic rings. The van der Waals surface area contributed by atoms with Crippen LogP contribution in [0.5, 0.6) is 0 Å². The van der Waals surface area contributed by atoms with E-state index in [9.17, 15) is 18.0 Å². The minimum absolute atomic E-state index is 0.0146. The number of carbonyl (C=O) groups is 1. The maximum absolute atomic E-state index is 13.3. The highest BCUT2D eigenvalue weighted by Gasteiger charge is 2.18. The van der Waals surface area contributed by atoms with Crippen molar-refractivity contribution in [2.45, 2.75) is 0 Å². The summed E-state index contributed by atoms with van der Waals surface area (Å²) in [5.74, 6) is -5.66. The molecule has 0 radical (unpaired) electrons. The largest absolute Gasteiger partial charge is 0.382 e. The summed E-state index contributed by atoms with van der Waals surface area (Å²) in [6, 6.07) is 1.47. The van der Waals surface area contributed by atoms with Gasteiger partial charge in [-0.15, -0.1) is 0 Å². The Bertz CT molecular complexity index is 457. The van der Waals surface area contributed by atoms with Gasteiger partial charge in [0, 0.05) is 7.11 Å². The molecule has 0 unspecified atom stereocenters. The fraction of sp³-hybridized carbons (Fsp3) is 0.417. The Morgan fingerprint density at radius 2 is 1.80 bits per heavy atom. The highest BCUT2D eigenvalue weighted by atomic mass is 19.2. The summed E-state index contributed by atoms with van der Waals surface area (Å²) >= 11 is 0. The molecule has 0 aromatic heterocycles. The number of hydrogen-bond acceptors (Lipinski definition) is 4. The van der Waals surface area contributed by atoms with Crippen LogP contribution in [0.4, 0.5) is 13.2 Å². The van der Waals surface area contributed by atoms with Crippen molar-refractivity contribution in [1.29, 1.82) is 0 Å². The monoisotopic (exact) mass is 293 g/mol. The minimum atomic E-state index is -1.71. The van der Waals surface area contributed by atoms with Crippen LogP contribution < -0.4 is 5.48 Å². The molecule has 0 saturated carbocycles. The first kappa shape index (κ1) is 16.4. The molecule has 1 N–H and O–H groups in total. The van der Waals surface area contributed by atoms with E-state index in [1.54, 1.807) is 0 Å². The first-order valence-electron chi connectivity index (χ1n) is 5.70. The number of methoxy groups -OCH3 is 1. The molecule has 0 aliphatic rings. The minimum Gasteiger partial charge on any atom is -0.382 e. The Labute approximate surface area is 113 Å². The topological polar surface area (TPSA) is 56.8 Å². The van der Waals surface area contributed by atoms with Crippen molar-refractivity contribution >= 4 is 5.91 Å². The van der Waals surface area contributed by atoms with Gasteiger partial charge >= 0.3 is 0 Å². The molecule has 0 aliphatic carbocycles. The summed E-state index contributed by atoms with van der Waals surface area (Å²) < 4.78 is 48.6. The molecule has 0 aliphatic heterocycles. The lowest BCUT2D eigenvalue weighted by atomic mass is 10.2. The van der Waals surface area contributed by atoms with E-state index in [1.165, 1.54) is 7.11 Å². The number of rotatable bonds is 8. The Balaban J connectivity index is 2.35. The van der Waals surface area contributed by atoms with Crippen LogP contribution in [0.25, 0.3) is 0 Å². The smallest absolute Gasteiger partial charge is 0.277 e.